The van der Waals surface area contributed by atoms with E-state index >= 15 is 0 Å². The van der Waals surface area contributed by atoms with Crippen molar-refractivity contribution in [1.29, 1.82) is 10.7 Å². The molecule has 2 N–H and O–H groups in total. The third-order valence-electron chi connectivity index (χ3n) is 6.31. The fourth-order valence-corrected chi connectivity index (χ4v) is 5.26. The topological polar surface area (TPSA) is 142 Å². The molecule has 1 amide bonds. The van der Waals surface area contributed by atoms with E-state index in [9.17, 15) is 10.1 Å². The number of nitrogens with one attached hydrogen (secondary N) is 2. The number of nitrogens with zero attached hydrogens (tertiary/aromatic N) is 5. The lowest BCUT2D eigenvalue weighted by Gasteiger charge is -2.32. The quantitative estimate of drug-likeness (QED) is 0.508. The molecule has 0 aliphatic carbocycles. The Balaban J connectivity index is 1.30. The monoisotopic (exact) mass is 495 g/mol. The number of carbonyl (C=O) groups excluding carboxylic acids is 1. The molecule has 1 aromatic carbocycles. The molecule has 4 heterocycles. The molecule has 2 aliphatic rings. The lowest BCUT2D eigenvalue weighted by Crippen LogP contribution is -2.40. The number of carbonyl (C=O) groups is 1. The first kappa shape index (κ1) is 23.2. The molecule has 0 atom stereocenters. The van der Waals surface area contributed by atoms with Crippen LogP contribution in [0.15, 0.2) is 28.5 Å². The third-order valence-corrected chi connectivity index (χ3v) is 7.26. The normalized spacial score (nSPS) is 15.5. The Morgan fingerprint density at radius 2 is 2.11 bits per heavy atom. The van der Waals surface area contributed by atoms with Crippen molar-refractivity contribution < 1.29 is 19.0 Å². The molecule has 3 aromatic rings. The van der Waals surface area contributed by atoms with E-state index < -0.39 is 0 Å². The molecule has 0 unspecified atom stereocenters. The first-order valence-electron chi connectivity index (χ1n) is 11.3. The van der Waals surface area contributed by atoms with E-state index in [1.54, 1.807) is 18.5 Å². The molecule has 2 aromatic heterocycles. The fourth-order valence-electron chi connectivity index (χ4n) is 4.38. The third kappa shape index (κ3) is 4.82. The number of aromatic nitrogens is 4. The Kier molecular flexibility index (Phi) is 6.61. The maximum absolute atomic E-state index is 12.0. The Bertz CT molecular complexity index is 1350. The zero-order valence-electron chi connectivity index (χ0n) is 19.2. The first-order chi connectivity index (χ1) is 17.1. The highest BCUT2D eigenvalue weighted by molar-refractivity contribution is 7.99. The minimum Gasteiger partial charge on any atom is -0.454 e. The number of aryl methyl sites for hydroxylation is 1. The molecule has 1 fully saturated rings. The van der Waals surface area contributed by atoms with Gasteiger partial charge in [0.2, 0.25) is 12.7 Å². The highest BCUT2D eigenvalue weighted by atomic mass is 32.2. The number of methoxy groups -OCH3 is 1. The SMILES string of the molecule is COCC(=O)N1CCC(CCn2cnc(=N)c3[nH]c(Sc4cc5c(cc4C#N)OCO5)nc32)CC1. The number of hydrogen-bond donors (Lipinski definition) is 2. The second kappa shape index (κ2) is 9.97. The number of piperidine rings is 1. The van der Waals surface area contributed by atoms with Crippen molar-refractivity contribution in [3.05, 3.63) is 29.5 Å². The summed E-state index contributed by atoms with van der Waals surface area (Å²) in [6.45, 7) is 2.47. The van der Waals surface area contributed by atoms with Gasteiger partial charge in [0.15, 0.2) is 27.8 Å². The number of nitriles is 1. The maximum Gasteiger partial charge on any atom is 0.248 e. The van der Waals surface area contributed by atoms with Crippen LogP contribution in [0.5, 0.6) is 11.5 Å². The summed E-state index contributed by atoms with van der Waals surface area (Å²) in [5.74, 6) is 1.69. The number of imidazole rings is 1. The van der Waals surface area contributed by atoms with Gasteiger partial charge in [-0.25, -0.2) is 9.97 Å². The lowest BCUT2D eigenvalue weighted by molar-refractivity contribution is -0.136. The van der Waals surface area contributed by atoms with Crippen molar-refractivity contribution in [2.45, 2.75) is 35.9 Å². The van der Waals surface area contributed by atoms with Gasteiger partial charge in [0.25, 0.3) is 0 Å². The molecule has 2 aliphatic heterocycles. The molecule has 12 heteroatoms. The van der Waals surface area contributed by atoms with E-state index in [1.807, 2.05) is 9.47 Å². The van der Waals surface area contributed by atoms with Crippen LogP contribution in [0.3, 0.4) is 0 Å². The van der Waals surface area contributed by atoms with Crippen LogP contribution in [0.25, 0.3) is 11.2 Å². The van der Waals surface area contributed by atoms with Crippen LogP contribution in [0.4, 0.5) is 0 Å². The van der Waals surface area contributed by atoms with E-state index in [0.29, 0.717) is 50.7 Å². The van der Waals surface area contributed by atoms with Gasteiger partial charge >= 0.3 is 0 Å². The summed E-state index contributed by atoms with van der Waals surface area (Å²) in [4.78, 5) is 26.7. The number of H-pyrrole nitrogens is 1. The lowest BCUT2D eigenvalue weighted by atomic mass is 9.93. The van der Waals surface area contributed by atoms with Gasteiger partial charge in [-0.15, -0.1) is 0 Å². The predicted octanol–water partition coefficient (Wildman–Crippen LogP) is 2.27. The zero-order chi connectivity index (χ0) is 24.4. The second-order valence-corrected chi connectivity index (χ2v) is 9.52. The number of fused-ring (bicyclic) bond motifs is 2. The Morgan fingerprint density at radius 1 is 1.34 bits per heavy atom. The number of ether oxygens (including phenoxy) is 3. The predicted molar refractivity (Wildman–Crippen MR) is 125 cm³/mol. The van der Waals surface area contributed by atoms with E-state index in [-0.39, 0.29) is 24.8 Å². The van der Waals surface area contributed by atoms with Crippen LogP contribution < -0.4 is 15.0 Å². The van der Waals surface area contributed by atoms with E-state index in [2.05, 4.69) is 16.0 Å². The molecule has 0 spiro atoms. The van der Waals surface area contributed by atoms with Crippen molar-refractivity contribution >= 4 is 28.8 Å². The maximum atomic E-state index is 12.0. The van der Waals surface area contributed by atoms with Crippen LogP contribution >= 0.6 is 11.8 Å². The molecular formula is C23H25N7O4S. The average Bonchev–Trinajstić information content (AvgIpc) is 3.51. The molecule has 1 saturated heterocycles. The van der Waals surface area contributed by atoms with Gasteiger partial charge in [-0.1, -0.05) is 11.8 Å². The molecule has 182 valence electrons. The van der Waals surface area contributed by atoms with Crippen molar-refractivity contribution in [3.63, 3.8) is 0 Å². The van der Waals surface area contributed by atoms with Gasteiger partial charge in [0.1, 0.15) is 18.2 Å². The van der Waals surface area contributed by atoms with Gasteiger partial charge in [0, 0.05) is 37.7 Å². The molecule has 35 heavy (non-hydrogen) atoms. The number of likely N-dealkylation sites (tertiary alicyclic amines) is 1. The summed E-state index contributed by atoms with van der Waals surface area (Å²) in [6, 6.07) is 5.63. The minimum absolute atomic E-state index is 0.0424. The zero-order valence-corrected chi connectivity index (χ0v) is 20.1. The van der Waals surface area contributed by atoms with Crippen LogP contribution in [0.2, 0.25) is 0 Å². The van der Waals surface area contributed by atoms with Gasteiger partial charge in [-0.3, -0.25) is 10.2 Å². The number of aromatic amines is 1. The molecule has 0 saturated carbocycles. The van der Waals surface area contributed by atoms with Gasteiger partial charge < -0.3 is 28.7 Å². The smallest absolute Gasteiger partial charge is 0.248 e. The van der Waals surface area contributed by atoms with Crippen molar-refractivity contribution in [3.8, 4) is 17.6 Å². The van der Waals surface area contributed by atoms with Gasteiger partial charge in [-0.05, 0) is 31.2 Å². The number of hydrogen-bond acceptors (Lipinski definition) is 9. The Labute approximate surface area is 205 Å². The van der Waals surface area contributed by atoms with Crippen molar-refractivity contribution in [2.24, 2.45) is 5.92 Å². The Hall–Kier alpha value is -3.56. The standard InChI is InChI=1S/C23H25N7O4S/c1-32-11-19(31)29-5-2-14(3-6-29)4-7-30-12-26-21(25)20-22(30)28-23(27-20)35-18-9-17-16(33-13-34-17)8-15(18)10-24/h8-9,12,14,25H,2-7,11,13H2,1H3,(H,27,28). The van der Waals surface area contributed by atoms with Crippen LogP contribution in [-0.2, 0) is 16.1 Å². The molecular weight excluding hydrogens is 470 g/mol. The Morgan fingerprint density at radius 3 is 2.86 bits per heavy atom. The summed E-state index contributed by atoms with van der Waals surface area (Å²) < 4.78 is 17.7. The molecule has 11 nitrogen and oxygen atoms in total. The average molecular weight is 496 g/mol. The molecule has 0 radical (unpaired) electrons. The highest BCUT2D eigenvalue weighted by Crippen LogP contribution is 2.40. The summed E-state index contributed by atoms with van der Waals surface area (Å²) in [6.07, 6.45) is 4.48. The summed E-state index contributed by atoms with van der Waals surface area (Å²) >= 11 is 1.30. The first-order valence-corrected chi connectivity index (χ1v) is 12.2. The fraction of sp³-hybridized carbons (Fsp3) is 0.435. The van der Waals surface area contributed by atoms with Gasteiger partial charge in [-0.2, -0.15) is 5.26 Å². The second-order valence-electron chi connectivity index (χ2n) is 8.49. The van der Waals surface area contributed by atoms with Crippen molar-refractivity contribution in [1.82, 2.24) is 24.4 Å². The molecule has 5 rings (SSSR count). The highest BCUT2D eigenvalue weighted by Gasteiger charge is 2.23. The van der Waals surface area contributed by atoms with Crippen LogP contribution in [0.1, 0.15) is 24.8 Å². The number of rotatable bonds is 7. The van der Waals surface area contributed by atoms with Crippen molar-refractivity contribution in [2.75, 3.05) is 33.6 Å². The van der Waals surface area contributed by atoms with E-state index in [4.69, 9.17) is 24.6 Å². The van der Waals surface area contributed by atoms with E-state index in [0.717, 1.165) is 32.4 Å². The van der Waals surface area contributed by atoms with E-state index in [1.165, 1.54) is 18.9 Å². The minimum atomic E-state index is 0.0424. The van der Waals surface area contributed by atoms with Crippen LogP contribution in [0, 0.1) is 22.7 Å². The number of benzene rings is 1. The van der Waals surface area contributed by atoms with Gasteiger partial charge in [0.05, 0.1) is 11.9 Å². The van der Waals surface area contributed by atoms with Crippen LogP contribution in [-0.4, -0.2) is 63.9 Å². The summed E-state index contributed by atoms with van der Waals surface area (Å²) in [7, 11) is 1.54. The number of amides is 1. The largest absolute Gasteiger partial charge is 0.454 e. The summed E-state index contributed by atoms with van der Waals surface area (Å²) in [5, 5.41) is 18.3. The molecule has 0 bridgehead atoms. The summed E-state index contributed by atoms with van der Waals surface area (Å²) in [5.41, 5.74) is 1.78.